The van der Waals surface area contributed by atoms with E-state index in [9.17, 15) is 8.78 Å². The molecule has 0 rings (SSSR count). The maximum absolute atomic E-state index is 12.6. The Kier molecular flexibility index (Phi) is 3.26. The van der Waals surface area contributed by atoms with Crippen molar-refractivity contribution in [2.45, 2.75) is 40.0 Å². The molecule has 0 saturated carbocycles. The first-order valence-electron chi connectivity index (χ1n) is 3.77. The molecule has 0 aliphatic carbocycles. The second kappa shape index (κ2) is 3.31. The molecule has 0 amide bonds. The van der Waals surface area contributed by atoms with Crippen LogP contribution in [0.3, 0.4) is 0 Å². The first-order chi connectivity index (χ1) is 4.39. The van der Waals surface area contributed by atoms with Crippen LogP contribution in [-0.2, 0) is 0 Å². The van der Waals surface area contributed by atoms with Gasteiger partial charge in [0.05, 0.1) is 0 Å². The van der Waals surface area contributed by atoms with Gasteiger partial charge < -0.3 is 0 Å². The Morgan fingerprint density at radius 2 is 1.70 bits per heavy atom. The molecule has 0 heterocycles. The number of hydrogen-bond donors (Lipinski definition) is 0. The molecule has 0 bridgehead atoms. The van der Waals surface area contributed by atoms with E-state index in [4.69, 9.17) is 0 Å². The van der Waals surface area contributed by atoms with Gasteiger partial charge in [-0.25, -0.2) is 8.78 Å². The lowest BCUT2D eigenvalue weighted by Gasteiger charge is -2.25. The summed E-state index contributed by atoms with van der Waals surface area (Å²) >= 11 is 0. The highest BCUT2D eigenvalue weighted by Crippen LogP contribution is 2.32. The van der Waals surface area contributed by atoms with Gasteiger partial charge in [-0.2, -0.15) is 0 Å². The van der Waals surface area contributed by atoms with Crippen molar-refractivity contribution in [3.8, 4) is 0 Å². The largest absolute Gasteiger partial charge is 0.248 e. The van der Waals surface area contributed by atoms with Crippen LogP contribution in [0.2, 0.25) is 0 Å². The molecular formula is C8H16F2. The highest BCUT2D eigenvalue weighted by molar-refractivity contribution is 4.73. The van der Waals surface area contributed by atoms with E-state index in [2.05, 4.69) is 0 Å². The lowest BCUT2D eigenvalue weighted by Crippen LogP contribution is -2.28. The molecule has 10 heavy (non-hydrogen) atoms. The molecule has 0 N–H and O–H groups in total. The summed E-state index contributed by atoms with van der Waals surface area (Å²) < 4.78 is 25.3. The molecule has 0 aromatic carbocycles. The van der Waals surface area contributed by atoms with Crippen molar-refractivity contribution in [2.24, 2.45) is 11.8 Å². The van der Waals surface area contributed by atoms with Gasteiger partial charge in [0.25, 0.3) is 0 Å². The first-order valence-corrected chi connectivity index (χ1v) is 3.77. The van der Waals surface area contributed by atoms with Crippen molar-refractivity contribution in [3.63, 3.8) is 0 Å². The maximum Gasteiger partial charge on any atom is 0.248 e. The third-order valence-corrected chi connectivity index (χ3v) is 1.90. The van der Waals surface area contributed by atoms with E-state index in [0.717, 1.165) is 6.92 Å². The third-order valence-electron chi connectivity index (χ3n) is 1.90. The van der Waals surface area contributed by atoms with Crippen LogP contribution >= 0.6 is 0 Å². The van der Waals surface area contributed by atoms with Gasteiger partial charge in [-0.05, 0) is 19.3 Å². The molecule has 1 atom stereocenters. The maximum atomic E-state index is 12.6. The summed E-state index contributed by atoms with van der Waals surface area (Å²) in [5, 5.41) is 0. The topological polar surface area (TPSA) is 0 Å². The fourth-order valence-corrected chi connectivity index (χ4v) is 1.42. The number of halogens is 2. The average Bonchev–Trinajstić information content (AvgIpc) is 1.60. The predicted molar refractivity (Wildman–Crippen MR) is 39.2 cm³/mol. The Labute approximate surface area is 61.6 Å². The van der Waals surface area contributed by atoms with Gasteiger partial charge in [0.15, 0.2) is 0 Å². The van der Waals surface area contributed by atoms with Crippen molar-refractivity contribution < 1.29 is 8.78 Å². The molecule has 0 unspecified atom stereocenters. The first kappa shape index (κ1) is 9.86. The summed E-state index contributed by atoms with van der Waals surface area (Å²) in [4.78, 5) is 0. The van der Waals surface area contributed by atoms with Crippen molar-refractivity contribution >= 4 is 0 Å². The van der Waals surface area contributed by atoms with E-state index < -0.39 is 11.8 Å². The normalized spacial score (nSPS) is 15.9. The lowest BCUT2D eigenvalue weighted by atomic mass is 9.88. The second-order valence-electron chi connectivity index (χ2n) is 3.22. The molecule has 0 fully saturated rings. The van der Waals surface area contributed by atoms with Crippen molar-refractivity contribution in [3.05, 3.63) is 0 Å². The van der Waals surface area contributed by atoms with E-state index in [1.807, 2.05) is 20.8 Å². The average molecular weight is 150 g/mol. The van der Waals surface area contributed by atoms with E-state index >= 15 is 0 Å². The molecule has 0 saturated heterocycles. The molecule has 0 aromatic heterocycles. The zero-order valence-corrected chi connectivity index (χ0v) is 7.12. The predicted octanol–water partition coefficient (Wildman–Crippen LogP) is 3.32. The van der Waals surface area contributed by atoms with Crippen molar-refractivity contribution in [1.82, 2.24) is 0 Å². The van der Waals surface area contributed by atoms with Crippen LogP contribution in [0.15, 0.2) is 0 Å². The number of alkyl halides is 2. The summed E-state index contributed by atoms with van der Waals surface area (Å²) in [6, 6.07) is 0. The Morgan fingerprint density at radius 1 is 1.30 bits per heavy atom. The summed E-state index contributed by atoms with van der Waals surface area (Å²) in [5.74, 6) is -2.90. The minimum atomic E-state index is -2.51. The van der Waals surface area contributed by atoms with E-state index in [-0.39, 0.29) is 5.92 Å². The molecule has 62 valence electrons. The number of hydrogen-bond acceptors (Lipinski definition) is 0. The smallest absolute Gasteiger partial charge is 0.207 e. The van der Waals surface area contributed by atoms with Crippen LogP contribution in [0.1, 0.15) is 34.1 Å². The third kappa shape index (κ3) is 2.63. The van der Waals surface area contributed by atoms with Crippen LogP contribution in [0.5, 0.6) is 0 Å². The Hall–Kier alpha value is -0.140. The van der Waals surface area contributed by atoms with E-state index in [0.29, 0.717) is 6.42 Å². The molecule has 0 nitrogen and oxygen atoms in total. The highest BCUT2D eigenvalue weighted by atomic mass is 19.3. The van der Waals surface area contributed by atoms with Crippen molar-refractivity contribution in [1.29, 1.82) is 0 Å². The SMILES string of the molecule is CC[C@@H](C(C)C)C(C)(F)F. The van der Waals surface area contributed by atoms with Gasteiger partial charge in [-0.3, -0.25) is 0 Å². The van der Waals surface area contributed by atoms with Crippen LogP contribution in [0.25, 0.3) is 0 Å². The van der Waals surface area contributed by atoms with Crippen LogP contribution in [-0.4, -0.2) is 5.92 Å². The van der Waals surface area contributed by atoms with Gasteiger partial charge in [0.1, 0.15) is 0 Å². The Morgan fingerprint density at radius 3 is 1.70 bits per heavy atom. The summed E-state index contributed by atoms with van der Waals surface area (Å²) in [5.41, 5.74) is 0. The second-order valence-corrected chi connectivity index (χ2v) is 3.22. The van der Waals surface area contributed by atoms with Gasteiger partial charge >= 0.3 is 0 Å². The number of rotatable bonds is 3. The minimum absolute atomic E-state index is 0.0741. The molecular weight excluding hydrogens is 134 g/mol. The summed E-state index contributed by atoms with van der Waals surface area (Å²) in [6.07, 6.45) is 0.557. The fourth-order valence-electron chi connectivity index (χ4n) is 1.42. The van der Waals surface area contributed by atoms with E-state index in [1.165, 1.54) is 0 Å². The Bertz CT molecular complexity index is 91.9. The molecule has 0 aromatic rings. The van der Waals surface area contributed by atoms with Gasteiger partial charge in [0, 0.05) is 5.92 Å². The monoisotopic (exact) mass is 150 g/mol. The summed E-state index contributed by atoms with van der Waals surface area (Å²) in [7, 11) is 0. The Balaban J connectivity index is 4.07. The summed E-state index contributed by atoms with van der Waals surface area (Å²) in [6.45, 7) is 6.49. The fraction of sp³-hybridized carbons (Fsp3) is 1.00. The van der Waals surface area contributed by atoms with Gasteiger partial charge in [-0.1, -0.05) is 20.8 Å². The lowest BCUT2D eigenvalue weighted by molar-refractivity contribution is -0.0588. The quantitative estimate of drug-likeness (QED) is 0.579. The van der Waals surface area contributed by atoms with Crippen LogP contribution in [0, 0.1) is 11.8 Å². The molecule has 0 aliphatic heterocycles. The zero-order valence-electron chi connectivity index (χ0n) is 7.12. The van der Waals surface area contributed by atoms with Gasteiger partial charge in [-0.15, -0.1) is 0 Å². The van der Waals surface area contributed by atoms with Crippen LogP contribution < -0.4 is 0 Å². The standard InChI is InChI=1S/C8H16F2/c1-5-7(6(2)3)8(4,9)10/h6-7H,5H2,1-4H3/t7-/m0/s1. The molecule has 0 aliphatic rings. The highest BCUT2D eigenvalue weighted by Gasteiger charge is 2.34. The van der Waals surface area contributed by atoms with Crippen LogP contribution in [0.4, 0.5) is 8.78 Å². The minimum Gasteiger partial charge on any atom is -0.207 e. The molecule has 0 spiro atoms. The van der Waals surface area contributed by atoms with E-state index in [1.54, 1.807) is 0 Å². The van der Waals surface area contributed by atoms with Gasteiger partial charge in [0.2, 0.25) is 5.92 Å². The van der Waals surface area contributed by atoms with Crippen molar-refractivity contribution in [2.75, 3.05) is 0 Å². The molecule has 0 radical (unpaired) electrons. The zero-order chi connectivity index (χ0) is 8.36. The molecule has 2 heteroatoms.